The molecule has 0 amide bonds. The predicted octanol–water partition coefficient (Wildman–Crippen LogP) is 4.61. The fourth-order valence-electron chi connectivity index (χ4n) is 3.89. The zero-order valence-electron chi connectivity index (χ0n) is 19.5. The number of rotatable bonds is 9. The predicted molar refractivity (Wildman–Crippen MR) is 134 cm³/mol. The fourth-order valence-corrected chi connectivity index (χ4v) is 4.76. The smallest absolute Gasteiger partial charge is 0.155 e. The molecule has 0 radical (unpaired) electrons. The Kier molecular flexibility index (Phi) is 7.43. The quantitative estimate of drug-likeness (QED) is 0.409. The summed E-state index contributed by atoms with van der Waals surface area (Å²) in [6.45, 7) is 3.44. The van der Waals surface area contributed by atoms with Gasteiger partial charge in [-0.3, -0.25) is 0 Å². The van der Waals surface area contributed by atoms with Crippen molar-refractivity contribution in [3.05, 3.63) is 70.3 Å². The minimum atomic E-state index is -3.21. The fraction of sp³-hybridized carbons (Fsp3) is 0.320. The van der Waals surface area contributed by atoms with Crippen LogP contribution in [-0.4, -0.2) is 37.8 Å². The van der Waals surface area contributed by atoms with Gasteiger partial charge in [0.05, 0.1) is 22.9 Å². The van der Waals surface area contributed by atoms with Crippen LogP contribution in [-0.2, 0) is 28.6 Å². The van der Waals surface area contributed by atoms with Gasteiger partial charge in [-0.25, -0.2) is 18.4 Å². The molecule has 1 aliphatic rings. The topological polar surface area (TPSA) is 105 Å². The van der Waals surface area contributed by atoms with Gasteiger partial charge in [-0.2, -0.15) is 5.26 Å². The van der Waals surface area contributed by atoms with Gasteiger partial charge in [0, 0.05) is 30.4 Å². The van der Waals surface area contributed by atoms with Gasteiger partial charge in [0.25, 0.3) is 0 Å². The third kappa shape index (κ3) is 6.02. The first kappa shape index (κ1) is 24.8. The number of halogens is 1. The van der Waals surface area contributed by atoms with Gasteiger partial charge in [0.2, 0.25) is 0 Å². The molecule has 0 aliphatic carbocycles. The van der Waals surface area contributed by atoms with Crippen LogP contribution in [0.3, 0.4) is 0 Å². The van der Waals surface area contributed by atoms with Gasteiger partial charge in [-0.05, 0) is 54.8 Å². The van der Waals surface area contributed by atoms with Crippen LogP contribution in [0.1, 0.15) is 36.0 Å². The van der Waals surface area contributed by atoms with Crippen molar-refractivity contribution in [2.24, 2.45) is 0 Å². The molecular weight excluding hydrogens is 488 g/mol. The van der Waals surface area contributed by atoms with Crippen LogP contribution in [0.2, 0.25) is 5.02 Å². The Balaban J connectivity index is 1.49. The number of aromatic nitrogens is 2. The third-order valence-electron chi connectivity index (χ3n) is 5.40. The van der Waals surface area contributed by atoms with Crippen LogP contribution in [0.15, 0.2) is 42.6 Å². The molecular formula is C25H25ClN4O4S. The maximum Gasteiger partial charge on any atom is 0.155 e. The SMILES string of the molecule is CCCOc1c(Cl)cc(N2CCc3cc(OCc4ccnc(CS(C)(=O)=O)n4)ccc32)cc1C#N. The van der Waals surface area contributed by atoms with Crippen molar-refractivity contribution in [3.8, 4) is 17.6 Å². The number of nitrogens with zero attached hydrogens (tertiary/aromatic N) is 4. The van der Waals surface area contributed by atoms with Gasteiger partial charge in [-0.1, -0.05) is 18.5 Å². The number of nitriles is 1. The molecule has 0 saturated carbocycles. The van der Waals surface area contributed by atoms with Crippen LogP contribution < -0.4 is 14.4 Å². The van der Waals surface area contributed by atoms with Crippen molar-refractivity contribution in [3.63, 3.8) is 0 Å². The molecule has 35 heavy (non-hydrogen) atoms. The standard InChI is InChI=1S/C25H25ClN4O4S/c1-3-10-33-25-18(14-27)11-20(13-22(25)26)30-9-7-17-12-21(4-5-23(17)30)34-15-19-6-8-28-24(29-19)16-35(2,31)32/h4-6,8,11-13H,3,7,9-10,15-16H2,1-2H3. The second-order valence-electron chi connectivity index (χ2n) is 8.28. The molecule has 1 aliphatic heterocycles. The Morgan fingerprint density at radius 1 is 1.20 bits per heavy atom. The summed E-state index contributed by atoms with van der Waals surface area (Å²) in [5, 5.41) is 10.0. The molecule has 2 heterocycles. The maximum atomic E-state index is 11.5. The Bertz CT molecular complexity index is 1390. The number of ether oxygens (including phenoxy) is 2. The molecule has 182 valence electrons. The number of sulfone groups is 1. The van der Waals surface area contributed by atoms with Gasteiger partial charge in [-0.15, -0.1) is 0 Å². The highest BCUT2D eigenvalue weighted by atomic mass is 35.5. The lowest BCUT2D eigenvalue weighted by atomic mass is 10.1. The van der Waals surface area contributed by atoms with Crippen molar-refractivity contribution < 1.29 is 17.9 Å². The van der Waals surface area contributed by atoms with Gasteiger partial charge in [0.1, 0.15) is 30.0 Å². The number of anilines is 2. The highest BCUT2D eigenvalue weighted by Gasteiger charge is 2.23. The van der Waals surface area contributed by atoms with E-state index in [1.807, 2.05) is 31.2 Å². The minimum absolute atomic E-state index is 0.197. The van der Waals surface area contributed by atoms with Gasteiger partial charge < -0.3 is 14.4 Å². The highest BCUT2D eigenvalue weighted by Crippen LogP contribution is 2.40. The first-order chi connectivity index (χ1) is 16.8. The molecule has 2 aromatic carbocycles. The lowest BCUT2D eigenvalue weighted by Gasteiger charge is -2.21. The number of benzene rings is 2. The Hall–Kier alpha value is -3.35. The molecule has 0 spiro atoms. The Labute approximate surface area is 210 Å². The largest absolute Gasteiger partial charge is 0.491 e. The molecule has 0 saturated heterocycles. The molecule has 0 fully saturated rings. The zero-order chi connectivity index (χ0) is 25.0. The van der Waals surface area contributed by atoms with E-state index < -0.39 is 9.84 Å². The van der Waals surface area contributed by atoms with Gasteiger partial charge in [0.15, 0.2) is 15.6 Å². The van der Waals surface area contributed by atoms with E-state index in [2.05, 4.69) is 20.9 Å². The molecule has 1 aromatic heterocycles. The Morgan fingerprint density at radius 2 is 2.03 bits per heavy atom. The number of hydrogen-bond donors (Lipinski definition) is 0. The van der Waals surface area contributed by atoms with Crippen molar-refractivity contribution in [2.75, 3.05) is 24.3 Å². The minimum Gasteiger partial charge on any atom is -0.491 e. The highest BCUT2D eigenvalue weighted by molar-refractivity contribution is 7.89. The first-order valence-electron chi connectivity index (χ1n) is 11.2. The van der Waals surface area contributed by atoms with Crippen LogP contribution in [0, 0.1) is 11.3 Å². The van der Waals surface area contributed by atoms with Crippen LogP contribution in [0.4, 0.5) is 11.4 Å². The van der Waals surface area contributed by atoms with Gasteiger partial charge >= 0.3 is 0 Å². The summed E-state index contributed by atoms with van der Waals surface area (Å²) in [4.78, 5) is 10.4. The van der Waals surface area contributed by atoms with Crippen molar-refractivity contribution in [1.29, 1.82) is 5.26 Å². The van der Waals surface area contributed by atoms with E-state index in [1.54, 1.807) is 12.1 Å². The van der Waals surface area contributed by atoms with Crippen LogP contribution in [0.5, 0.6) is 11.5 Å². The second-order valence-corrected chi connectivity index (χ2v) is 10.8. The summed E-state index contributed by atoms with van der Waals surface area (Å²) < 4.78 is 34.6. The summed E-state index contributed by atoms with van der Waals surface area (Å²) in [5.41, 5.74) is 3.99. The van der Waals surface area contributed by atoms with E-state index in [0.29, 0.717) is 34.4 Å². The average Bonchev–Trinajstić information content (AvgIpc) is 3.24. The molecule has 0 bridgehead atoms. The molecule has 3 aromatic rings. The summed E-state index contributed by atoms with van der Waals surface area (Å²) in [6, 6.07) is 13.4. The first-order valence-corrected chi connectivity index (χ1v) is 13.6. The van der Waals surface area contributed by atoms with Crippen LogP contribution >= 0.6 is 11.6 Å². The molecule has 0 unspecified atom stereocenters. The zero-order valence-corrected chi connectivity index (χ0v) is 21.1. The lowest BCUT2D eigenvalue weighted by Crippen LogP contribution is -2.13. The van der Waals surface area contributed by atoms with E-state index in [1.165, 1.54) is 6.20 Å². The molecule has 8 nitrogen and oxygen atoms in total. The molecule has 4 rings (SSSR count). The van der Waals surface area contributed by atoms with E-state index in [-0.39, 0.29) is 18.2 Å². The lowest BCUT2D eigenvalue weighted by molar-refractivity contribution is 0.300. The normalized spacial score (nSPS) is 12.8. The summed E-state index contributed by atoms with van der Waals surface area (Å²) >= 11 is 6.46. The van der Waals surface area contributed by atoms with Crippen molar-refractivity contribution >= 4 is 32.8 Å². The molecule has 0 N–H and O–H groups in total. The second kappa shape index (κ2) is 10.5. The molecule has 0 atom stereocenters. The Morgan fingerprint density at radius 3 is 2.77 bits per heavy atom. The summed E-state index contributed by atoms with van der Waals surface area (Å²) in [5.74, 6) is 1.15. The van der Waals surface area contributed by atoms with E-state index in [0.717, 1.165) is 42.6 Å². The van der Waals surface area contributed by atoms with E-state index >= 15 is 0 Å². The van der Waals surface area contributed by atoms with Crippen molar-refractivity contribution in [2.45, 2.75) is 32.1 Å². The monoisotopic (exact) mass is 512 g/mol. The maximum absolute atomic E-state index is 11.5. The van der Waals surface area contributed by atoms with E-state index in [9.17, 15) is 13.7 Å². The summed E-state index contributed by atoms with van der Waals surface area (Å²) in [7, 11) is -3.21. The molecule has 10 heteroatoms. The number of hydrogen-bond acceptors (Lipinski definition) is 8. The van der Waals surface area contributed by atoms with Crippen LogP contribution in [0.25, 0.3) is 0 Å². The average molecular weight is 513 g/mol. The van der Waals surface area contributed by atoms with Crippen molar-refractivity contribution in [1.82, 2.24) is 9.97 Å². The van der Waals surface area contributed by atoms with E-state index in [4.69, 9.17) is 21.1 Å². The number of fused-ring (bicyclic) bond motifs is 1. The summed E-state index contributed by atoms with van der Waals surface area (Å²) in [6.07, 6.45) is 4.32. The third-order valence-corrected chi connectivity index (χ3v) is 6.46.